The van der Waals surface area contributed by atoms with Crippen LogP contribution in [0, 0.1) is 5.92 Å². The van der Waals surface area contributed by atoms with Crippen molar-refractivity contribution in [2.24, 2.45) is 5.92 Å². The van der Waals surface area contributed by atoms with Gasteiger partial charge in [-0.05, 0) is 34.4 Å². The van der Waals surface area contributed by atoms with Crippen LogP contribution in [0.15, 0.2) is 71.4 Å². The van der Waals surface area contributed by atoms with Crippen LogP contribution in [0.4, 0.5) is 0 Å². The van der Waals surface area contributed by atoms with Gasteiger partial charge in [-0.25, -0.2) is 4.98 Å². The van der Waals surface area contributed by atoms with Crippen molar-refractivity contribution in [1.29, 1.82) is 0 Å². The summed E-state index contributed by atoms with van der Waals surface area (Å²) < 4.78 is 5.56. The van der Waals surface area contributed by atoms with Crippen molar-refractivity contribution in [3.05, 3.63) is 72.4 Å². The minimum absolute atomic E-state index is 0.371. The lowest BCUT2D eigenvalue weighted by Crippen LogP contribution is -2.44. The molecule has 1 fully saturated rings. The molecule has 6 heteroatoms. The minimum atomic E-state index is 0.371. The molecule has 3 heterocycles. The standard InChI is InChI=1S/C25H21N5O/c1-16-13-30(14-16)15-17-10-11-20(19-7-3-2-6-18(17)19)24-28-25(31-29-24)23-12-26-21-8-4-5-9-22(21)27-23/h2-12,16H,13-15H2,1H3. The number of likely N-dealkylation sites (tertiary alicyclic amines) is 1. The van der Waals surface area contributed by atoms with E-state index in [9.17, 15) is 0 Å². The second kappa shape index (κ2) is 7.25. The number of hydrogen-bond donors (Lipinski definition) is 0. The van der Waals surface area contributed by atoms with Crippen LogP contribution in [0.25, 0.3) is 44.8 Å². The molecule has 0 spiro atoms. The molecule has 0 saturated carbocycles. The smallest absolute Gasteiger partial charge is 0.278 e. The summed E-state index contributed by atoms with van der Waals surface area (Å²) in [6.07, 6.45) is 1.68. The molecule has 0 atom stereocenters. The second-order valence-electron chi connectivity index (χ2n) is 8.28. The van der Waals surface area contributed by atoms with Gasteiger partial charge in [-0.2, -0.15) is 4.98 Å². The lowest BCUT2D eigenvalue weighted by Gasteiger charge is -2.37. The van der Waals surface area contributed by atoms with E-state index in [1.165, 1.54) is 10.9 Å². The van der Waals surface area contributed by atoms with Gasteiger partial charge in [0.15, 0.2) is 0 Å². The zero-order valence-corrected chi connectivity index (χ0v) is 17.2. The first-order chi connectivity index (χ1) is 15.2. The molecule has 2 aromatic heterocycles. The molecule has 152 valence electrons. The van der Waals surface area contributed by atoms with Crippen molar-refractivity contribution in [3.63, 3.8) is 0 Å². The molecule has 31 heavy (non-hydrogen) atoms. The van der Waals surface area contributed by atoms with Crippen molar-refractivity contribution in [1.82, 2.24) is 25.0 Å². The summed E-state index contributed by atoms with van der Waals surface area (Å²) in [7, 11) is 0. The average molecular weight is 407 g/mol. The summed E-state index contributed by atoms with van der Waals surface area (Å²) >= 11 is 0. The molecule has 1 saturated heterocycles. The number of aromatic nitrogens is 4. The van der Waals surface area contributed by atoms with E-state index < -0.39 is 0 Å². The highest BCUT2D eigenvalue weighted by Gasteiger charge is 2.23. The fraction of sp³-hybridized carbons (Fsp3) is 0.200. The predicted octanol–water partition coefficient (Wildman–Crippen LogP) is 4.95. The lowest BCUT2D eigenvalue weighted by atomic mass is 9.96. The molecule has 3 aromatic carbocycles. The van der Waals surface area contributed by atoms with Crippen molar-refractivity contribution in [2.75, 3.05) is 13.1 Å². The zero-order valence-electron chi connectivity index (χ0n) is 17.2. The van der Waals surface area contributed by atoms with Crippen molar-refractivity contribution in [2.45, 2.75) is 13.5 Å². The summed E-state index contributed by atoms with van der Waals surface area (Å²) in [4.78, 5) is 16.2. The number of rotatable bonds is 4. The third-order valence-electron chi connectivity index (χ3n) is 5.88. The van der Waals surface area contributed by atoms with Crippen LogP contribution >= 0.6 is 0 Å². The fourth-order valence-corrected chi connectivity index (χ4v) is 4.39. The third-order valence-corrected chi connectivity index (χ3v) is 5.88. The highest BCUT2D eigenvalue weighted by molar-refractivity contribution is 5.97. The number of benzene rings is 3. The van der Waals surface area contributed by atoms with Crippen molar-refractivity contribution >= 4 is 21.8 Å². The minimum Gasteiger partial charge on any atom is -0.332 e. The van der Waals surface area contributed by atoms with E-state index >= 15 is 0 Å². The predicted molar refractivity (Wildman–Crippen MR) is 120 cm³/mol. The molecule has 0 N–H and O–H groups in total. The van der Waals surface area contributed by atoms with E-state index in [-0.39, 0.29) is 0 Å². The molecule has 5 aromatic rings. The first-order valence-electron chi connectivity index (χ1n) is 10.5. The van der Waals surface area contributed by atoms with Gasteiger partial charge < -0.3 is 4.52 Å². The number of nitrogens with zero attached hydrogens (tertiary/aromatic N) is 5. The molecular weight excluding hydrogens is 386 g/mol. The number of hydrogen-bond acceptors (Lipinski definition) is 6. The average Bonchev–Trinajstić information content (AvgIpc) is 3.28. The Bertz CT molecular complexity index is 1400. The van der Waals surface area contributed by atoms with Crippen molar-refractivity contribution in [3.8, 4) is 23.0 Å². The Morgan fingerprint density at radius 2 is 1.68 bits per heavy atom. The van der Waals surface area contributed by atoms with Gasteiger partial charge in [0.25, 0.3) is 5.89 Å². The van der Waals surface area contributed by atoms with Crippen LogP contribution in [-0.4, -0.2) is 38.1 Å². The Morgan fingerprint density at radius 1 is 0.903 bits per heavy atom. The van der Waals surface area contributed by atoms with E-state index in [0.29, 0.717) is 17.4 Å². The maximum Gasteiger partial charge on any atom is 0.278 e. The Labute approximate surface area is 179 Å². The molecule has 0 radical (unpaired) electrons. The highest BCUT2D eigenvalue weighted by atomic mass is 16.5. The van der Waals surface area contributed by atoms with Gasteiger partial charge in [0.2, 0.25) is 5.82 Å². The largest absolute Gasteiger partial charge is 0.332 e. The molecule has 0 aliphatic carbocycles. The summed E-state index contributed by atoms with van der Waals surface area (Å²) in [5.41, 5.74) is 4.50. The molecule has 1 aliphatic heterocycles. The molecule has 0 unspecified atom stereocenters. The van der Waals surface area contributed by atoms with Crippen LogP contribution in [0.5, 0.6) is 0 Å². The third kappa shape index (κ3) is 3.25. The van der Waals surface area contributed by atoms with Crippen LogP contribution in [0.1, 0.15) is 12.5 Å². The van der Waals surface area contributed by atoms with Gasteiger partial charge >= 0.3 is 0 Å². The van der Waals surface area contributed by atoms with E-state index in [4.69, 9.17) is 4.52 Å². The van der Waals surface area contributed by atoms with Crippen LogP contribution in [0.3, 0.4) is 0 Å². The van der Waals surface area contributed by atoms with Gasteiger partial charge in [-0.15, -0.1) is 0 Å². The van der Waals surface area contributed by atoms with Gasteiger partial charge in [-0.3, -0.25) is 9.88 Å². The fourth-order valence-electron chi connectivity index (χ4n) is 4.39. The SMILES string of the molecule is CC1CN(Cc2ccc(-c3noc(-c4cnc5ccccc5n4)n3)c3ccccc23)C1. The van der Waals surface area contributed by atoms with E-state index in [0.717, 1.165) is 47.5 Å². The van der Waals surface area contributed by atoms with E-state index in [2.05, 4.69) is 68.3 Å². The number of fused-ring (bicyclic) bond motifs is 2. The Balaban J connectivity index is 1.38. The van der Waals surface area contributed by atoms with Crippen LogP contribution in [0.2, 0.25) is 0 Å². The van der Waals surface area contributed by atoms with Crippen LogP contribution < -0.4 is 0 Å². The summed E-state index contributed by atoms with van der Waals surface area (Å²) in [6.45, 7) is 5.59. The van der Waals surface area contributed by atoms with E-state index in [1.54, 1.807) is 6.20 Å². The summed E-state index contributed by atoms with van der Waals surface area (Å²) in [5.74, 6) is 1.72. The lowest BCUT2D eigenvalue weighted by molar-refractivity contribution is 0.105. The Hall–Kier alpha value is -3.64. The number of para-hydroxylation sites is 2. The summed E-state index contributed by atoms with van der Waals surface area (Å²) in [6, 6.07) is 20.5. The monoisotopic (exact) mass is 407 g/mol. The molecule has 1 aliphatic rings. The Kier molecular flexibility index (Phi) is 4.25. The molecule has 0 bridgehead atoms. The van der Waals surface area contributed by atoms with Gasteiger partial charge in [0.1, 0.15) is 5.69 Å². The molecule has 0 amide bonds. The van der Waals surface area contributed by atoms with Gasteiger partial charge in [0, 0.05) is 25.2 Å². The zero-order chi connectivity index (χ0) is 20.8. The summed E-state index contributed by atoms with van der Waals surface area (Å²) in [5, 5.41) is 6.62. The van der Waals surface area contributed by atoms with Crippen LogP contribution in [-0.2, 0) is 6.54 Å². The normalized spacial score (nSPS) is 14.9. The maximum absolute atomic E-state index is 5.56. The van der Waals surface area contributed by atoms with Gasteiger partial charge in [0.05, 0.1) is 17.2 Å². The van der Waals surface area contributed by atoms with Crippen molar-refractivity contribution < 1.29 is 4.52 Å². The maximum atomic E-state index is 5.56. The van der Waals surface area contributed by atoms with E-state index in [1.807, 2.05) is 24.3 Å². The quantitative estimate of drug-likeness (QED) is 0.420. The topological polar surface area (TPSA) is 67.9 Å². The first kappa shape index (κ1) is 18.2. The Morgan fingerprint density at radius 3 is 2.52 bits per heavy atom. The highest BCUT2D eigenvalue weighted by Crippen LogP contribution is 2.32. The first-order valence-corrected chi connectivity index (χ1v) is 10.5. The second-order valence-corrected chi connectivity index (χ2v) is 8.28. The molecular formula is C25H21N5O. The molecule has 6 rings (SSSR count). The molecule has 6 nitrogen and oxygen atoms in total. The van der Waals surface area contributed by atoms with Gasteiger partial charge in [-0.1, -0.05) is 60.6 Å².